The summed E-state index contributed by atoms with van der Waals surface area (Å²) in [6.45, 7) is 5.02. The maximum absolute atomic E-state index is 12.6. The number of aryl methyl sites for hydroxylation is 2. The Morgan fingerprint density at radius 3 is 2.75 bits per heavy atom. The van der Waals surface area contributed by atoms with Crippen LogP contribution < -0.4 is 0 Å². The Labute approximate surface area is 117 Å². The molecule has 6 nitrogen and oxygen atoms in total. The fourth-order valence-electron chi connectivity index (χ4n) is 2.66. The average molecular weight is 274 g/mol. The lowest BCUT2D eigenvalue weighted by Crippen LogP contribution is -2.40. The molecule has 1 amide bonds. The van der Waals surface area contributed by atoms with Crippen molar-refractivity contribution < 1.29 is 9.90 Å². The molecule has 0 spiro atoms. The van der Waals surface area contributed by atoms with Gasteiger partial charge in [-0.2, -0.15) is 5.10 Å². The van der Waals surface area contributed by atoms with E-state index in [1.54, 1.807) is 15.6 Å². The monoisotopic (exact) mass is 274 g/mol. The van der Waals surface area contributed by atoms with Crippen LogP contribution >= 0.6 is 0 Å². The topological polar surface area (TPSA) is 70.7 Å². The number of piperidine rings is 1. The Bertz CT molecular complexity index is 656. The summed E-state index contributed by atoms with van der Waals surface area (Å²) < 4.78 is 1.69. The molecule has 0 unspecified atom stereocenters. The van der Waals surface area contributed by atoms with Crippen molar-refractivity contribution in [2.75, 3.05) is 13.1 Å². The summed E-state index contributed by atoms with van der Waals surface area (Å²) in [4.78, 5) is 18.8. The third-order valence-electron chi connectivity index (χ3n) is 3.76. The molecule has 1 aliphatic rings. The Morgan fingerprint density at radius 1 is 1.35 bits per heavy atom. The average Bonchev–Trinajstić information content (AvgIpc) is 2.82. The third-order valence-corrected chi connectivity index (χ3v) is 3.76. The van der Waals surface area contributed by atoms with Gasteiger partial charge in [0.25, 0.3) is 5.91 Å². The zero-order chi connectivity index (χ0) is 14.3. The van der Waals surface area contributed by atoms with E-state index in [0.29, 0.717) is 37.1 Å². The summed E-state index contributed by atoms with van der Waals surface area (Å²) in [6.07, 6.45) is 2.57. The molecule has 0 saturated carbocycles. The number of hydrogen-bond donors (Lipinski definition) is 1. The van der Waals surface area contributed by atoms with Crippen LogP contribution in [-0.4, -0.2) is 49.7 Å². The second-order valence-corrected chi connectivity index (χ2v) is 5.36. The van der Waals surface area contributed by atoms with Crippen LogP contribution in [0.25, 0.3) is 5.65 Å². The van der Waals surface area contributed by atoms with Crippen molar-refractivity contribution >= 4 is 11.6 Å². The van der Waals surface area contributed by atoms with Crippen molar-refractivity contribution in [1.29, 1.82) is 0 Å². The van der Waals surface area contributed by atoms with Crippen LogP contribution in [0, 0.1) is 13.8 Å². The van der Waals surface area contributed by atoms with Crippen molar-refractivity contribution in [3.8, 4) is 0 Å². The molecule has 106 valence electrons. The first-order valence-corrected chi connectivity index (χ1v) is 6.85. The Balaban J connectivity index is 1.96. The molecule has 0 bridgehead atoms. The normalized spacial score (nSPS) is 16.9. The summed E-state index contributed by atoms with van der Waals surface area (Å²) in [5, 5.41) is 13.8. The van der Waals surface area contributed by atoms with E-state index in [1.807, 2.05) is 19.9 Å². The minimum atomic E-state index is -0.287. The largest absolute Gasteiger partial charge is 0.393 e. The third kappa shape index (κ3) is 2.16. The summed E-state index contributed by atoms with van der Waals surface area (Å²) in [6, 6.07) is 1.94. The quantitative estimate of drug-likeness (QED) is 0.840. The summed E-state index contributed by atoms with van der Waals surface area (Å²) >= 11 is 0. The first-order valence-electron chi connectivity index (χ1n) is 6.85. The van der Waals surface area contributed by atoms with E-state index in [4.69, 9.17) is 0 Å². The zero-order valence-corrected chi connectivity index (χ0v) is 11.7. The number of carbonyl (C=O) groups is 1. The molecule has 1 saturated heterocycles. The maximum atomic E-state index is 12.6. The lowest BCUT2D eigenvalue weighted by atomic mass is 10.1. The second kappa shape index (κ2) is 4.86. The van der Waals surface area contributed by atoms with Crippen molar-refractivity contribution in [2.45, 2.75) is 32.8 Å². The van der Waals surface area contributed by atoms with E-state index < -0.39 is 0 Å². The predicted molar refractivity (Wildman–Crippen MR) is 73.6 cm³/mol. The van der Waals surface area contributed by atoms with Crippen molar-refractivity contribution in [3.63, 3.8) is 0 Å². The Hall–Kier alpha value is -1.95. The zero-order valence-electron chi connectivity index (χ0n) is 11.7. The highest BCUT2D eigenvalue weighted by atomic mass is 16.3. The van der Waals surface area contributed by atoms with Crippen LogP contribution in [0.2, 0.25) is 0 Å². The standard InChI is InChI=1S/C14H18N4O2/c1-9-7-10(2)18-13(16-9)12(8-15-18)14(20)17-5-3-11(19)4-6-17/h7-8,11,19H,3-6H2,1-2H3. The first kappa shape index (κ1) is 13.1. The summed E-state index contributed by atoms with van der Waals surface area (Å²) in [5.41, 5.74) is 2.98. The van der Waals surface area contributed by atoms with Crippen LogP contribution in [-0.2, 0) is 0 Å². The van der Waals surface area contributed by atoms with Gasteiger partial charge in [-0.05, 0) is 32.8 Å². The van der Waals surface area contributed by atoms with Crippen molar-refractivity contribution in [1.82, 2.24) is 19.5 Å². The van der Waals surface area contributed by atoms with Crippen LogP contribution in [0.3, 0.4) is 0 Å². The lowest BCUT2D eigenvalue weighted by molar-refractivity contribution is 0.0548. The molecule has 1 fully saturated rings. The number of aromatic nitrogens is 3. The molecule has 0 radical (unpaired) electrons. The van der Waals surface area contributed by atoms with Gasteiger partial charge >= 0.3 is 0 Å². The first-order chi connectivity index (χ1) is 9.56. The number of carbonyl (C=O) groups excluding carboxylic acids is 1. The molecule has 1 aliphatic heterocycles. The predicted octanol–water partition coefficient (Wildman–Crippen LogP) is 0.943. The smallest absolute Gasteiger partial charge is 0.259 e. The number of likely N-dealkylation sites (tertiary alicyclic amines) is 1. The van der Waals surface area contributed by atoms with E-state index in [0.717, 1.165) is 11.4 Å². The molecule has 0 atom stereocenters. The van der Waals surface area contributed by atoms with E-state index in [-0.39, 0.29) is 12.0 Å². The van der Waals surface area contributed by atoms with Crippen LogP contribution in [0.1, 0.15) is 34.6 Å². The number of aliphatic hydroxyl groups excluding tert-OH is 1. The number of rotatable bonds is 1. The van der Waals surface area contributed by atoms with Gasteiger partial charge in [-0.3, -0.25) is 4.79 Å². The second-order valence-electron chi connectivity index (χ2n) is 5.36. The fraction of sp³-hybridized carbons (Fsp3) is 0.500. The fourth-order valence-corrected chi connectivity index (χ4v) is 2.66. The van der Waals surface area contributed by atoms with Gasteiger partial charge in [0.15, 0.2) is 5.65 Å². The highest BCUT2D eigenvalue weighted by Crippen LogP contribution is 2.17. The van der Waals surface area contributed by atoms with Gasteiger partial charge in [0.1, 0.15) is 5.56 Å². The van der Waals surface area contributed by atoms with Crippen LogP contribution in [0.15, 0.2) is 12.3 Å². The van der Waals surface area contributed by atoms with Gasteiger partial charge in [0.2, 0.25) is 0 Å². The van der Waals surface area contributed by atoms with Crippen molar-refractivity contribution in [3.05, 3.63) is 29.2 Å². The lowest BCUT2D eigenvalue weighted by Gasteiger charge is -2.29. The highest BCUT2D eigenvalue weighted by Gasteiger charge is 2.25. The SMILES string of the molecule is Cc1cc(C)n2ncc(C(=O)N3CCC(O)CC3)c2n1. The molecule has 3 rings (SSSR count). The minimum absolute atomic E-state index is 0.0515. The Morgan fingerprint density at radius 2 is 2.05 bits per heavy atom. The van der Waals surface area contributed by atoms with Gasteiger partial charge in [0, 0.05) is 24.5 Å². The molecule has 20 heavy (non-hydrogen) atoms. The number of amides is 1. The summed E-state index contributed by atoms with van der Waals surface area (Å²) in [7, 11) is 0. The van der Waals surface area contributed by atoms with E-state index in [9.17, 15) is 9.90 Å². The van der Waals surface area contributed by atoms with Gasteiger partial charge in [-0.25, -0.2) is 9.50 Å². The number of hydrogen-bond acceptors (Lipinski definition) is 4. The van der Waals surface area contributed by atoms with Gasteiger partial charge < -0.3 is 10.0 Å². The van der Waals surface area contributed by atoms with Gasteiger partial charge in [0.05, 0.1) is 12.3 Å². The van der Waals surface area contributed by atoms with Gasteiger partial charge in [-0.1, -0.05) is 0 Å². The highest BCUT2D eigenvalue weighted by molar-refractivity contribution is 5.99. The molecule has 0 aromatic carbocycles. The Kier molecular flexibility index (Phi) is 3.17. The minimum Gasteiger partial charge on any atom is -0.393 e. The number of aliphatic hydroxyl groups is 1. The molecule has 0 aliphatic carbocycles. The van der Waals surface area contributed by atoms with E-state index in [2.05, 4.69) is 10.1 Å². The van der Waals surface area contributed by atoms with Crippen molar-refractivity contribution in [2.24, 2.45) is 0 Å². The molecule has 6 heteroatoms. The molecule has 2 aromatic rings. The van der Waals surface area contributed by atoms with E-state index in [1.165, 1.54) is 0 Å². The van der Waals surface area contributed by atoms with E-state index >= 15 is 0 Å². The molecule has 3 heterocycles. The molecule has 1 N–H and O–H groups in total. The van der Waals surface area contributed by atoms with Crippen LogP contribution in [0.4, 0.5) is 0 Å². The molecular formula is C14H18N4O2. The number of fused-ring (bicyclic) bond motifs is 1. The maximum Gasteiger partial charge on any atom is 0.259 e. The van der Waals surface area contributed by atoms with Gasteiger partial charge in [-0.15, -0.1) is 0 Å². The molecule has 2 aromatic heterocycles. The summed E-state index contributed by atoms with van der Waals surface area (Å²) in [5.74, 6) is -0.0515. The number of nitrogens with zero attached hydrogens (tertiary/aromatic N) is 4. The molecular weight excluding hydrogens is 256 g/mol. The van der Waals surface area contributed by atoms with Crippen LogP contribution in [0.5, 0.6) is 0 Å².